The first-order chi connectivity index (χ1) is 15.1. The molecule has 0 spiro atoms. The Labute approximate surface area is 213 Å². The van der Waals surface area contributed by atoms with Crippen LogP contribution in [0, 0.1) is 0 Å². The van der Waals surface area contributed by atoms with Crippen molar-refractivity contribution in [2.45, 2.75) is 64.3 Å². The van der Waals surface area contributed by atoms with Crippen LogP contribution in [0.15, 0.2) is 23.3 Å². The number of hydrogen-bond donors (Lipinski definition) is 2. The molecule has 2 aliphatic rings. The van der Waals surface area contributed by atoms with E-state index in [1.54, 1.807) is 0 Å². The Bertz CT molecular complexity index is 741. The van der Waals surface area contributed by atoms with Crippen LogP contribution in [0.3, 0.4) is 0 Å². The smallest absolute Gasteiger partial charge is 0.191 e. The first kappa shape index (κ1) is 27.3. The molecule has 3 rings (SSSR count). The number of nitrogens with zero attached hydrogens (tertiary/aromatic N) is 4. The number of nitrogens with one attached hydrogen (secondary N) is 2. The highest BCUT2D eigenvalue weighted by atomic mass is 127. The van der Waals surface area contributed by atoms with Crippen molar-refractivity contribution in [1.29, 1.82) is 0 Å². The normalized spacial score (nSPS) is 23.3. The monoisotopic (exact) mass is 576 g/mol. The third kappa shape index (κ3) is 8.13. The lowest BCUT2D eigenvalue weighted by atomic mass is 9.95. The van der Waals surface area contributed by atoms with E-state index in [-0.39, 0.29) is 24.0 Å². The van der Waals surface area contributed by atoms with Crippen LogP contribution in [-0.2, 0) is 17.3 Å². The lowest BCUT2D eigenvalue weighted by Gasteiger charge is -2.34. The van der Waals surface area contributed by atoms with Gasteiger partial charge in [-0.25, -0.2) is 9.98 Å². The summed E-state index contributed by atoms with van der Waals surface area (Å²) in [7, 11) is -0.709. The molecule has 32 heavy (non-hydrogen) atoms. The second-order valence-corrected chi connectivity index (χ2v) is 10.4. The molecule has 0 bridgehead atoms. The minimum absolute atomic E-state index is 0. The van der Waals surface area contributed by atoms with Crippen molar-refractivity contribution in [2.75, 3.05) is 49.9 Å². The van der Waals surface area contributed by atoms with E-state index in [9.17, 15) is 4.21 Å². The number of rotatable bonds is 8. The van der Waals surface area contributed by atoms with Crippen molar-refractivity contribution < 1.29 is 4.21 Å². The average Bonchev–Trinajstić information content (AvgIpc) is 2.82. The summed E-state index contributed by atoms with van der Waals surface area (Å²) in [6.07, 6.45) is 6.20. The molecule has 182 valence electrons. The van der Waals surface area contributed by atoms with Gasteiger partial charge in [-0.3, -0.25) is 4.21 Å². The number of aromatic nitrogens is 1. The van der Waals surface area contributed by atoms with E-state index in [1.807, 2.05) is 13.1 Å². The summed E-state index contributed by atoms with van der Waals surface area (Å²) in [5.74, 6) is 2.66. The molecule has 2 N–H and O–H groups in total. The zero-order valence-corrected chi connectivity index (χ0v) is 23.0. The second-order valence-electron chi connectivity index (χ2n) is 8.44. The Morgan fingerprint density at radius 3 is 2.69 bits per heavy atom. The predicted octanol–water partition coefficient (Wildman–Crippen LogP) is 2.98. The Morgan fingerprint density at radius 2 is 2.00 bits per heavy atom. The van der Waals surface area contributed by atoms with Gasteiger partial charge in [0, 0.05) is 66.8 Å². The van der Waals surface area contributed by atoms with E-state index in [1.165, 1.54) is 5.56 Å². The van der Waals surface area contributed by atoms with Gasteiger partial charge in [0.25, 0.3) is 0 Å². The number of pyridine rings is 1. The summed E-state index contributed by atoms with van der Waals surface area (Å²) in [4.78, 5) is 14.3. The molecule has 1 saturated heterocycles. The van der Waals surface area contributed by atoms with E-state index in [2.05, 4.69) is 51.4 Å². The fourth-order valence-electron chi connectivity index (χ4n) is 4.46. The Morgan fingerprint density at radius 1 is 1.22 bits per heavy atom. The first-order valence-corrected chi connectivity index (χ1v) is 13.3. The quantitative estimate of drug-likeness (QED) is 0.282. The molecule has 3 unspecified atom stereocenters. The minimum atomic E-state index is -0.709. The van der Waals surface area contributed by atoms with Crippen LogP contribution < -0.4 is 15.5 Å². The summed E-state index contributed by atoms with van der Waals surface area (Å²) in [5.41, 5.74) is 1.17. The fourth-order valence-corrected chi connectivity index (χ4v) is 5.81. The molecule has 0 aromatic carbocycles. The van der Waals surface area contributed by atoms with Gasteiger partial charge in [0.05, 0.1) is 6.54 Å². The highest BCUT2D eigenvalue weighted by molar-refractivity contribution is 14.0. The van der Waals surface area contributed by atoms with Crippen molar-refractivity contribution in [3.05, 3.63) is 23.9 Å². The van der Waals surface area contributed by atoms with Gasteiger partial charge in [-0.05, 0) is 50.4 Å². The molecular formula is C23H41IN6OS. The summed E-state index contributed by atoms with van der Waals surface area (Å²) in [5, 5.41) is 7.29. The molecular weight excluding hydrogens is 535 g/mol. The molecule has 2 heterocycles. The highest BCUT2D eigenvalue weighted by Crippen LogP contribution is 2.23. The number of piperazine rings is 1. The third-order valence-corrected chi connectivity index (χ3v) is 8.08. The van der Waals surface area contributed by atoms with E-state index in [4.69, 9.17) is 4.99 Å². The van der Waals surface area contributed by atoms with Crippen LogP contribution >= 0.6 is 24.0 Å². The lowest BCUT2D eigenvalue weighted by Crippen LogP contribution is -2.46. The molecule has 0 radical (unpaired) electrons. The maximum atomic E-state index is 12.3. The molecule has 1 aromatic heterocycles. The minimum Gasteiger partial charge on any atom is -0.357 e. The molecule has 7 nitrogen and oxygen atoms in total. The first-order valence-electron chi connectivity index (χ1n) is 12.0. The maximum Gasteiger partial charge on any atom is 0.191 e. The summed E-state index contributed by atoms with van der Waals surface area (Å²) < 4.78 is 12.3. The molecule has 0 amide bonds. The predicted molar refractivity (Wildman–Crippen MR) is 147 cm³/mol. The summed E-state index contributed by atoms with van der Waals surface area (Å²) >= 11 is 0. The highest BCUT2D eigenvalue weighted by Gasteiger charge is 2.26. The molecule has 1 aliphatic carbocycles. The van der Waals surface area contributed by atoms with E-state index < -0.39 is 10.8 Å². The molecule has 9 heteroatoms. The van der Waals surface area contributed by atoms with Gasteiger partial charge in [-0.1, -0.05) is 20.3 Å². The average molecular weight is 577 g/mol. The van der Waals surface area contributed by atoms with Crippen LogP contribution in [0.25, 0.3) is 0 Å². The molecule has 1 aromatic rings. The molecule has 3 atom stereocenters. The van der Waals surface area contributed by atoms with Crippen LogP contribution in [-0.4, -0.2) is 76.4 Å². The van der Waals surface area contributed by atoms with E-state index in [0.717, 1.165) is 82.5 Å². The van der Waals surface area contributed by atoms with Crippen molar-refractivity contribution in [3.8, 4) is 0 Å². The number of halogens is 1. The van der Waals surface area contributed by atoms with Crippen LogP contribution in [0.1, 0.15) is 52.0 Å². The molecule has 1 aliphatic heterocycles. The number of aliphatic imine (C=N–C) groups is 1. The van der Waals surface area contributed by atoms with Gasteiger partial charge in [-0.15, -0.1) is 24.0 Å². The summed E-state index contributed by atoms with van der Waals surface area (Å²) in [6.45, 7) is 13.1. The zero-order chi connectivity index (χ0) is 22.1. The van der Waals surface area contributed by atoms with Crippen molar-refractivity contribution in [2.24, 2.45) is 4.99 Å². The summed E-state index contributed by atoms with van der Waals surface area (Å²) in [6, 6.07) is 4.57. The number of anilines is 1. The molecule has 2 fully saturated rings. The van der Waals surface area contributed by atoms with Gasteiger partial charge in [0.15, 0.2) is 5.96 Å². The van der Waals surface area contributed by atoms with Crippen molar-refractivity contribution in [1.82, 2.24) is 20.5 Å². The Kier molecular flexibility index (Phi) is 12.2. The van der Waals surface area contributed by atoms with E-state index in [0.29, 0.717) is 17.8 Å². The fraction of sp³-hybridized carbons (Fsp3) is 0.739. The van der Waals surface area contributed by atoms with Crippen LogP contribution in [0.2, 0.25) is 0 Å². The van der Waals surface area contributed by atoms with E-state index >= 15 is 0 Å². The number of hydrogen-bond acceptors (Lipinski definition) is 5. The van der Waals surface area contributed by atoms with Crippen LogP contribution in [0.5, 0.6) is 0 Å². The largest absolute Gasteiger partial charge is 0.357 e. The standard InChI is InChI=1S/C23H40N6OS.HI/c1-4-24-23(27-20-8-7-9-21(17-20)31(30)6-3)26-18-19-10-11-25-22(16-19)29-14-12-28(5-2)13-15-29;/h10-11,16,20-21H,4-9,12-15,17-18H2,1-3H3,(H2,24,26,27);1H. The van der Waals surface area contributed by atoms with Gasteiger partial charge < -0.3 is 20.4 Å². The van der Waals surface area contributed by atoms with Crippen LogP contribution in [0.4, 0.5) is 5.82 Å². The number of guanidine groups is 1. The maximum absolute atomic E-state index is 12.3. The van der Waals surface area contributed by atoms with Gasteiger partial charge in [0.2, 0.25) is 0 Å². The topological polar surface area (TPSA) is 72.9 Å². The Balaban J connectivity index is 0.00000363. The lowest BCUT2D eigenvalue weighted by molar-refractivity contribution is 0.270. The molecule has 1 saturated carbocycles. The second kappa shape index (κ2) is 14.3. The van der Waals surface area contributed by atoms with Crippen molar-refractivity contribution >= 4 is 46.6 Å². The van der Waals surface area contributed by atoms with Gasteiger partial charge in [0.1, 0.15) is 5.82 Å². The number of likely N-dealkylation sites (N-methyl/N-ethyl adjacent to an activating group) is 1. The van der Waals surface area contributed by atoms with Gasteiger partial charge >= 0.3 is 0 Å². The van der Waals surface area contributed by atoms with Crippen molar-refractivity contribution in [3.63, 3.8) is 0 Å². The third-order valence-electron chi connectivity index (χ3n) is 6.34. The Hall–Kier alpha value is -0.940. The SMILES string of the molecule is CCNC(=NCc1ccnc(N2CCN(CC)CC2)c1)NC1CCCC(S(=O)CC)C1.I. The zero-order valence-electron chi connectivity index (χ0n) is 19.9. The van der Waals surface area contributed by atoms with Gasteiger partial charge in [-0.2, -0.15) is 0 Å².